The maximum atomic E-state index is 9.10. The van der Waals surface area contributed by atoms with Crippen LogP contribution in [0.15, 0.2) is 53.0 Å². The van der Waals surface area contributed by atoms with Gasteiger partial charge in [-0.2, -0.15) is 5.26 Å². The quantitative estimate of drug-likeness (QED) is 0.514. The van der Waals surface area contributed by atoms with Crippen LogP contribution in [0.3, 0.4) is 0 Å². The van der Waals surface area contributed by atoms with E-state index in [2.05, 4.69) is 56.2 Å². The van der Waals surface area contributed by atoms with Crippen LogP contribution in [-0.4, -0.2) is 14.5 Å². The summed E-state index contributed by atoms with van der Waals surface area (Å²) in [5.74, 6) is 0.882. The molecule has 4 aromatic rings. The number of hydrogen-bond acceptors (Lipinski definition) is 3. The molecule has 2 aromatic carbocycles. The van der Waals surface area contributed by atoms with Gasteiger partial charge in [0.1, 0.15) is 23.1 Å². The summed E-state index contributed by atoms with van der Waals surface area (Å²) in [5.41, 5.74) is 3.11. The molecule has 4 rings (SSSR count). The number of halogens is 1. The SMILES string of the molecule is Cc1nc2ccc(C#N)nc2n1Cc1ccc2ccccc2c1Br. The number of rotatable bonds is 2. The van der Waals surface area contributed by atoms with Crippen molar-refractivity contribution in [2.45, 2.75) is 13.5 Å². The van der Waals surface area contributed by atoms with Gasteiger partial charge >= 0.3 is 0 Å². The van der Waals surface area contributed by atoms with Gasteiger partial charge in [0.25, 0.3) is 0 Å². The maximum absolute atomic E-state index is 9.10. The van der Waals surface area contributed by atoms with E-state index in [1.165, 1.54) is 10.8 Å². The van der Waals surface area contributed by atoms with Crippen molar-refractivity contribution in [1.29, 1.82) is 5.26 Å². The van der Waals surface area contributed by atoms with Gasteiger partial charge in [-0.15, -0.1) is 0 Å². The van der Waals surface area contributed by atoms with Crippen LogP contribution in [0, 0.1) is 18.3 Å². The molecule has 0 bridgehead atoms. The number of nitrogens with zero attached hydrogens (tertiary/aromatic N) is 4. The fraction of sp³-hybridized carbons (Fsp3) is 0.105. The molecule has 2 aromatic heterocycles. The second-order valence-electron chi connectivity index (χ2n) is 5.66. The third-order valence-corrected chi connectivity index (χ3v) is 5.11. The van der Waals surface area contributed by atoms with E-state index in [0.29, 0.717) is 12.2 Å². The van der Waals surface area contributed by atoms with Gasteiger partial charge in [-0.25, -0.2) is 9.97 Å². The second kappa shape index (κ2) is 5.73. The number of aromatic nitrogens is 3. The highest BCUT2D eigenvalue weighted by molar-refractivity contribution is 9.10. The van der Waals surface area contributed by atoms with Crippen LogP contribution in [0.2, 0.25) is 0 Å². The Morgan fingerprint density at radius 3 is 2.75 bits per heavy atom. The number of benzene rings is 2. The van der Waals surface area contributed by atoms with E-state index in [-0.39, 0.29) is 0 Å². The van der Waals surface area contributed by atoms with Gasteiger partial charge in [-0.1, -0.05) is 36.4 Å². The van der Waals surface area contributed by atoms with Crippen LogP contribution >= 0.6 is 15.9 Å². The lowest BCUT2D eigenvalue weighted by Gasteiger charge is -2.11. The number of fused-ring (bicyclic) bond motifs is 2. The summed E-state index contributed by atoms with van der Waals surface area (Å²) >= 11 is 3.74. The van der Waals surface area contributed by atoms with E-state index in [1.807, 2.05) is 29.7 Å². The minimum atomic E-state index is 0.404. The molecule has 116 valence electrons. The van der Waals surface area contributed by atoms with Gasteiger partial charge in [-0.05, 0) is 51.3 Å². The van der Waals surface area contributed by atoms with Crippen molar-refractivity contribution >= 4 is 37.9 Å². The van der Waals surface area contributed by atoms with E-state index in [1.54, 1.807) is 6.07 Å². The van der Waals surface area contributed by atoms with Crippen molar-refractivity contribution in [3.8, 4) is 6.07 Å². The molecule has 24 heavy (non-hydrogen) atoms. The molecule has 5 heteroatoms. The van der Waals surface area contributed by atoms with E-state index >= 15 is 0 Å². The predicted octanol–water partition coefficient (Wildman–Crippen LogP) is 4.58. The van der Waals surface area contributed by atoms with Gasteiger partial charge in [0.15, 0.2) is 5.65 Å². The Hall–Kier alpha value is -2.71. The number of aryl methyl sites for hydroxylation is 1. The van der Waals surface area contributed by atoms with Crippen LogP contribution in [0.1, 0.15) is 17.1 Å². The zero-order chi connectivity index (χ0) is 16.7. The van der Waals surface area contributed by atoms with Crippen LogP contribution in [0.25, 0.3) is 21.9 Å². The standard InChI is InChI=1S/C19H13BrN4/c1-12-22-17-9-8-15(10-21)23-19(17)24(12)11-14-7-6-13-4-2-3-5-16(13)18(14)20/h2-9H,11H2,1H3. The molecule has 0 aliphatic heterocycles. The Morgan fingerprint density at radius 2 is 1.92 bits per heavy atom. The molecule has 4 nitrogen and oxygen atoms in total. The summed E-state index contributed by atoms with van der Waals surface area (Å²) in [6, 6.07) is 18.2. The van der Waals surface area contributed by atoms with Gasteiger partial charge < -0.3 is 4.57 Å². The van der Waals surface area contributed by atoms with E-state index in [4.69, 9.17) is 5.26 Å². The van der Waals surface area contributed by atoms with Crippen LogP contribution < -0.4 is 0 Å². The topological polar surface area (TPSA) is 54.5 Å². The van der Waals surface area contributed by atoms with Crippen molar-refractivity contribution in [3.05, 3.63) is 70.1 Å². The van der Waals surface area contributed by atoms with Crippen molar-refractivity contribution in [2.24, 2.45) is 0 Å². The Bertz CT molecular complexity index is 1120. The second-order valence-corrected chi connectivity index (χ2v) is 6.45. The van der Waals surface area contributed by atoms with Crippen LogP contribution in [-0.2, 0) is 6.54 Å². The minimum absolute atomic E-state index is 0.404. The molecule has 0 radical (unpaired) electrons. The minimum Gasteiger partial charge on any atom is -0.308 e. The highest BCUT2D eigenvalue weighted by Crippen LogP contribution is 2.29. The fourth-order valence-electron chi connectivity index (χ4n) is 2.94. The largest absolute Gasteiger partial charge is 0.308 e. The summed E-state index contributed by atoms with van der Waals surface area (Å²) < 4.78 is 3.13. The average molecular weight is 377 g/mol. The van der Waals surface area contributed by atoms with Crippen molar-refractivity contribution in [1.82, 2.24) is 14.5 Å². The first kappa shape index (κ1) is 14.9. The molecule has 0 amide bonds. The fourth-order valence-corrected chi connectivity index (χ4v) is 3.56. The summed E-state index contributed by atoms with van der Waals surface area (Å²) in [7, 11) is 0. The predicted molar refractivity (Wildman–Crippen MR) is 97.7 cm³/mol. The van der Waals surface area contributed by atoms with Gasteiger partial charge in [0.05, 0.1) is 6.54 Å². The van der Waals surface area contributed by atoms with Crippen molar-refractivity contribution in [2.75, 3.05) is 0 Å². The molecular weight excluding hydrogens is 364 g/mol. The summed E-state index contributed by atoms with van der Waals surface area (Å²) in [6.45, 7) is 2.61. The molecule has 0 saturated heterocycles. The Kier molecular flexibility index (Phi) is 3.55. The molecule has 0 aliphatic carbocycles. The number of hydrogen-bond donors (Lipinski definition) is 0. The molecular formula is C19H13BrN4. The van der Waals surface area contributed by atoms with Crippen molar-refractivity contribution in [3.63, 3.8) is 0 Å². The summed E-state index contributed by atoms with van der Waals surface area (Å²) in [6.07, 6.45) is 0. The molecule has 0 spiro atoms. The van der Waals surface area contributed by atoms with E-state index in [0.717, 1.165) is 27.0 Å². The zero-order valence-electron chi connectivity index (χ0n) is 13.0. The van der Waals surface area contributed by atoms with E-state index in [9.17, 15) is 0 Å². The van der Waals surface area contributed by atoms with E-state index < -0.39 is 0 Å². The smallest absolute Gasteiger partial charge is 0.161 e. The lowest BCUT2D eigenvalue weighted by Crippen LogP contribution is -2.04. The number of pyridine rings is 1. The first-order chi connectivity index (χ1) is 11.7. The molecule has 0 saturated carbocycles. The number of nitriles is 1. The van der Waals surface area contributed by atoms with Crippen molar-refractivity contribution < 1.29 is 0 Å². The molecule has 0 unspecified atom stereocenters. The summed E-state index contributed by atoms with van der Waals surface area (Å²) in [4.78, 5) is 8.98. The third kappa shape index (κ3) is 2.36. The van der Waals surface area contributed by atoms with Gasteiger partial charge in [-0.3, -0.25) is 0 Å². The lowest BCUT2D eigenvalue weighted by atomic mass is 10.1. The lowest BCUT2D eigenvalue weighted by molar-refractivity contribution is 0.775. The normalized spacial score (nSPS) is 11.0. The number of imidazole rings is 1. The molecule has 0 aliphatic rings. The molecule has 0 N–H and O–H groups in total. The average Bonchev–Trinajstić information content (AvgIpc) is 2.92. The molecule has 0 fully saturated rings. The monoisotopic (exact) mass is 376 g/mol. The first-order valence-corrected chi connectivity index (χ1v) is 8.37. The van der Waals surface area contributed by atoms with Crippen LogP contribution in [0.5, 0.6) is 0 Å². The third-order valence-electron chi connectivity index (χ3n) is 4.17. The molecule has 0 atom stereocenters. The zero-order valence-corrected chi connectivity index (χ0v) is 14.6. The van der Waals surface area contributed by atoms with Crippen LogP contribution in [0.4, 0.5) is 0 Å². The molecule has 2 heterocycles. The Balaban J connectivity index is 1.86. The first-order valence-electron chi connectivity index (χ1n) is 7.57. The highest BCUT2D eigenvalue weighted by atomic mass is 79.9. The summed E-state index contributed by atoms with van der Waals surface area (Å²) in [5, 5.41) is 11.5. The maximum Gasteiger partial charge on any atom is 0.161 e. The highest BCUT2D eigenvalue weighted by Gasteiger charge is 2.12. The van der Waals surface area contributed by atoms with Gasteiger partial charge in [0.2, 0.25) is 0 Å². The Morgan fingerprint density at radius 1 is 1.08 bits per heavy atom. The van der Waals surface area contributed by atoms with Gasteiger partial charge in [0, 0.05) is 4.47 Å². The Labute approximate surface area is 147 Å².